The minimum absolute atomic E-state index is 0.0754. The van der Waals surface area contributed by atoms with Gasteiger partial charge in [-0.2, -0.15) is 0 Å². The fourth-order valence-electron chi connectivity index (χ4n) is 3.50. The maximum absolute atomic E-state index is 12.4. The summed E-state index contributed by atoms with van der Waals surface area (Å²) in [5.74, 6) is 0.169. The van der Waals surface area contributed by atoms with Gasteiger partial charge in [-0.25, -0.2) is 0 Å². The van der Waals surface area contributed by atoms with Crippen molar-refractivity contribution in [1.29, 1.82) is 0 Å². The lowest BCUT2D eigenvalue weighted by Gasteiger charge is -2.27. The van der Waals surface area contributed by atoms with Crippen molar-refractivity contribution < 1.29 is 4.79 Å². The van der Waals surface area contributed by atoms with Gasteiger partial charge in [0.05, 0.1) is 0 Å². The number of hydrogen-bond acceptors (Lipinski definition) is 2. The third kappa shape index (κ3) is 2.82. The molecule has 3 nitrogen and oxygen atoms in total. The van der Waals surface area contributed by atoms with E-state index in [0.29, 0.717) is 11.5 Å². The molecule has 1 aromatic rings. The highest BCUT2D eigenvalue weighted by Crippen LogP contribution is 2.37. The molecule has 2 aliphatic rings. The fourth-order valence-corrected chi connectivity index (χ4v) is 3.50. The number of nitrogens with one attached hydrogen (secondary N) is 2. The third-order valence-electron chi connectivity index (χ3n) is 4.68. The molecule has 1 saturated carbocycles. The lowest BCUT2D eigenvalue weighted by molar-refractivity contribution is -0.122. The number of hydrogen-bond donors (Lipinski definition) is 2. The molecule has 0 bridgehead atoms. The van der Waals surface area contributed by atoms with Gasteiger partial charge in [-0.15, -0.1) is 0 Å². The van der Waals surface area contributed by atoms with E-state index in [9.17, 15) is 4.79 Å². The lowest BCUT2D eigenvalue weighted by Crippen LogP contribution is -2.45. The fraction of sp³-hybridized carbons (Fsp3) is 0.588. The zero-order chi connectivity index (χ0) is 14.2. The van der Waals surface area contributed by atoms with E-state index in [-0.39, 0.29) is 11.9 Å². The zero-order valence-corrected chi connectivity index (χ0v) is 12.4. The van der Waals surface area contributed by atoms with Gasteiger partial charge in [0, 0.05) is 11.7 Å². The summed E-state index contributed by atoms with van der Waals surface area (Å²) in [5, 5.41) is 6.61. The Hall–Kier alpha value is -1.51. The van der Waals surface area contributed by atoms with E-state index in [4.69, 9.17) is 0 Å². The van der Waals surface area contributed by atoms with Crippen molar-refractivity contribution in [3.8, 4) is 0 Å². The van der Waals surface area contributed by atoms with Crippen LogP contribution < -0.4 is 10.6 Å². The van der Waals surface area contributed by atoms with Crippen LogP contribution in [0, 0.1) is 5.41 Å². The molecule has 1 heterocycles. The number of carbonyl (C=O) groups excluding carboxylic acids is 1. The standard InChI is InChI=1S/C17H24N2O/c1-17(2)10-9-13(11-17)18-16(20)15-8-7-12-5-3-4-6-14(12)19-15/h3-6,13,15,19H,7-11H2,1-2H3,(H,18,20). The van der Waals surface area contributed by atoms with Crippen LogP contribution in [0.1, 0.15) is 45.1 Å². The van der Waals surface area contributed by atoms with Crippen LogP contribution in [0.2, 0.25) is 0 Å². The van der Waals surface area contributed by atoms with Crippen molar-refractivity contribution in [1.82, 2.24) is 5.32 Å². The van der Waals surface area contributed by atoms with Gasteiger partial charge in [0.15, 0.2) is 0 Å². The van der Waals surface area contributed by atoms with E-state index in [0.717, 1.165) is 31.4 Å². The van der Waals surface area contributed by atoms with E-state index in [1.807, 2.05) is 6.07 Å². The largest absolute Gasteiger partial charge is 0.373 e. The highest BCUT2D eigenvalue weighted by atomic mass is 16.2. The Morgan fingerprint density at radius 2 is 2.10 bits per heavy atom. The first-order chi connectivity index (χ1) is 9.53. The Bertz CT molecular complexity index is 509. The molecule has 0 radical (unpaired) electrons. The molecule has 0 saturated heterocycles. The first kappa shape index (κ1) is 13.5. The third-order valence-corrected chi connectivity index (χ3v) is 4.68. The van der Waals surface area contributed by atoms with Crippen LogP contribution in [0.3, 0.4) is 0 Å². The van der Waals surface area contributed by atoms with Crippen molar-refractivity contribution in [2.45, 2.75) is 58.0 Å². The second-order valence-electron chi connectivity index (χ2n) is 7.01. The summed E-state index contributed by atoms with van der Waals surface area (Å²) in [4.78, 5) is 12.4. The first-order valence-corrected chi connectivity index (χ1v) is 7.68. The predicted octanol–water partition coefficient (Wildman–Crippen LogP) is 3.11. The van der Waals surface area contributed by atoms with Crippen molar-refractivity contribution in [3.63, 3.8) is 0 Å². The lowest BCUT2D eigenvalue weighted by atomic mass is 9.91. The summed E-state index contributed by atoms with van der Waals surface area (Å²) in [6, 6.07) is 8.56. The van der Waals surface area contributed by atoms with Gasteiger partial charge in [-0.3, -0.25) is 4.79 Å². The highest BCUT2D eigenvalue weighted by molar-refractivity contribution is 5.85. The van der Waals surface area contributed by atoms with E-state index in [1.54, 1.807) is 0 Å². The minimum Gasteiger partial charge on any atom is -0.373 e. The Labute approximate surface area is 121 Å². The topological polar surface area (TPSA) is 41.1 Å². The summed E-state index contributed by atoms with van der Waals surface area (Å²) in [6.45, 7) is 4.57. The summed E-state index contributed by atoms with van der Waals surface area (Å²) >= 11 is 0. The average molecular weight is 272 g/mol. The van der Waals surface area contributed by atoms with Crippen molar-refractivity contribution in [2.75, 3.05) is 5.32 Å². The quantitative estimate of drug-likeness (QED) is 0.868. The molecule has 1 aliphatic heterocycles. The molecule has 3 rings (SSSR count). The Balaban J connectivity index is 1.59. The predicted molar refractivity (Wildman–Crippen MR) is 81.7 cm³/mol. The Morgan fingerprint density at radius 1 is 1.30 bits per heavy atom. The van der Waals surface area contributed by atoms with Gasteiger partial charge in [-0.1, -0.05) is 32.0 Å². The molecule has 1 amide bonds. The van der Waals surface area contributed by atoms with Crippen LogP contribution in [-0.2, 0) is 11.2 Å². The summed E-state index contributed by atoms with van der Waals surface area (Å²) < 4.78 is 0. The minimum atomic E-state index is -0.0754. The first-order valence-electron chi connectivity index (χ1n) is 7.68. The number of para-hydroxylation sites is 1. The van der Waals surface area contributed by atoms with E-state index in [1.165, 1.54) is 12.0 Å². The molecular formula is C17H24N2O. The molecule has 0 aromatic heterocycles. The van der Waals surface area contributed by atoms with E-state index >= 15 is 0 Å². The van der Waals surface area contributed by atoms with Crippen LogP contribution in [0.25, 0.3) is 0 Å². The van der Waals surface area contributed by atoms with Gasteiger partial charge in [0.1, 0.15) is 6.04 Å². The number of rotatable bonds is 2. The van der Waals surface area contributed by atoms with Gasteiger partial charge >= 0.3 is 0 Å². The number of carbonyl (C=O) groups is 1. The van der Waals surface area contributed by atoms with E-state index in [2.05, 4.69) is 42.7 Å². The van der Waals surface area contributed by atoms with Gasteiger partial charge in [0.2, 0.25) is 5.91 Å². The van der Waals surface area contributed by atoms with Crippen LogP contribution in [0.15, 0.2) is 24.3 Å². The molecular weight excluding hydrogens is 248 g/mol. The Morgan fingerprint density at radius 3 is 2.85 bits per heavy atom. The highest BCUT2D eigenvalue weighted by Gasteiger charge is 2.33. The molecule has 1 aromatic carbocycles. The molecule has 20 heavy (non-hydrogen) atoms. The normalized spacial score (nSPS) is 27.5. The van der Waals surface area contributed by atoms with Crippen molar-refractivity contribution in [3.05, 3.63) is 29.8 Å². The van der Waals surface area contributed by atoms with Crippen LogP contribution in [0.4, 0.5) is 5.69 Å². The maximum atomic E-state index is 12.4. The summed E-state index contributed by atoms with van der Waals surface area (Å²) in [5.41, 5.74) is 2.81. The molecule has 1 aliphatic carbocycles. The van der Waals surface area contributed by atoms with Gasteiger partial charge in [-0.05, 0) is 49.1 Å². The smallest absolute Gasteiger partial charge is 0.242 e. The molecule has 0 spiro atoms. The SMILES string of the molecule is CC1(C)CCC(NC(=O)C2CCc3ccccc3N2)C1. The Kier molecular flexibility index (Phi) is 3.45. The molecule has 108 valence electrons. The number of benzene rings is 1. The zero-order valence-electron chi connectivity index (χ0n) is 12.4. The molecule has 2 N–H and O–H groups in total. The van der Waals surface area contributed by atoms with E-state index < -0.39 is 0 Å². The van der Waals surface area contributed by atoms with Gasteiger partial charge in [0.25, 0.3) is 0 Å². The van der Waals surface area contributed by atoms with Crippen LogP contribution >= 0.6 is 0 Å². The maximum Gasteiger partial charge on any atom is 0.242 e. The monoisotopic (exact) mass is 272 g/mol. The summed E-state index contributed by atoms with van der Waals surface area (Å²) in [6.07, 6.45) is 5.29. The second kappa shape index (κ2) is 5.12. The number of aryl methyl sites for hydroxylation is 1. The van der Waals surface area contributed by atoms with Crippen LogP contribution in [0.5, 0.6) is 0 Å². The van der Waals surface area contributed by atoms with Gasteiger partial charge < -0.3 is 10.6 Å². The van der Waals surface area contributed by atoms with Crippen molar-refractivity contribution >= 4 is 11.6 Å². The van der Waals surface area contributed by atoms with Crippen molar-refractivity contribution in [2.24, 2.45) is 5.41 Å². The second-order valence-corrected chi connectivity index (χ2v) is 7.01. The number of amides is 1. The average Bonchev–Trinajstić information content (AvgIpc) is 2.77. The molecule has 1 fully saturated rings. The van der Waals surface area contributed by atoms with Crippen LogP contribution in [-0.4, -0.2) is 18.0 Å². The number of fused-ring (bicyclic) bond motifs is 1. The molecule has 3 heteroatoms. The summed E-state index contributed by atoms with van der Waals surface area (Å²) in [7, 11) is 0. The number of anilines is 1. The molecule has 2 unspecified atom stereocenters. The molecule has 2 atom stereocenters.